The van der Waals surface area contributed by atoms with Crippen LogP contribution in [0.15, 0.2) is 40.5 Å². The highest BCUT2D eigenvalue weighted by Crippen LogP contribution is 2.23. The molecular weight excluding hydrogens is 435 g/mol. The summed E-state index contributed by atoms with van der Waals surface area (Å²) < 4.78 is 45.7. The number of nitrogens with one attached hydrogen (secondary N) is 2. The van der Waals surface area contributed by atoms with Crippen LogP contribution < -0.4 is 10.0 Å². The summed E-state index contributed by atoms with van der Waals surface area (Å²) in [6.45, 7) is 0.904. The predicted molar refractivity (Wildman–Crippen MR) is 107 cm³/mol. The summed E-state index contributed by atoms with van der Waals surface area (Å²) >= 11 is 0.676. The number of nitrogens with zero attached hydrogens (tertiary/aromatic N) is 2. The second-order valence-electron chi connectivity index (χ2n) is 6.87. The summed E-state index contributed by atoms with van der Waals surface area (Å²) in [6.07, 6.45) is 3.00. The van der Waals surface area contributed by atoms with E-state index >= 15 is 0 Å². The number of ether oxygens (including phenoxy) is 1. The molecule has 0 radical (unpaired) electrons. The minimum atomic E-state index is -3.62. The molecule has 1 aromatic heterocycles. The molecule has 2 aliphatic rings. The smallest absolute Gasteiger partial charge is 0.280 e. The zero-order chi connectivity index (χ0) is 21.1. The van der Waals surface area contributed by atoms with Gasteiger partial charge in [-0.15, -0.1) is 0 Å². The summed E-state index contributed by atoms with van der Waals surface area (Å²) in [7, 11) is -3.62. The number of hydrogen-bond acceptors (Lipinski definition) is 8. The van der Waals surface area contributed by atoms with E-state index in [1.54, 1.807) is 0 Å². The van der Waals surface area contributed by atoms with Crippen LogP contribution in [0.2, 0.25) is 0 Å². The topological polar surface area (TPSA) is 119 Å². The number of hydrogen-bond donors (Lipinski definition) is 2. The first-order valence-corrected chi connectivity index (χ1v) is 11.6. The van der Waals surface area contributed by atoms with Gasteiger partial charge < -0.3 is 9.57 Å². The first-order chi connectivity index (χ1) is 14.4. The van der Waals surface area contributed by atoms with Crippen LogP contribution in [0.1, 0.15) is 24.8 Å². The number of rotatable bonds is 8. The number of sulfonamides is 1. The highest BCUT2D eigenvalue weighted by molar-refractivity contribution is 7.89. The number of aromatic nitrogens is 1. The Balaban J connectivity index is 1.56. The van der Waals surface area contributed by atoms with Crippen molar-refractivity contribution in [1.82, 2.24) is 9.71 Å². The lowest BCUT2D eigenvalue weighted by Crippen LogP contribution is -2.27. The molecule has 1 saturated heterocycles. The van der Waals surface area contributed by atoms with Crippen LogP contribution in [-0.2, 0) is 24.4 Å². The number of halogens is 1. The molecule has 2 N–H and O–H groups in total. The van der Waals surface area contributed by atoms with Gasteiger partial charge in [0.25, 0.3) is 5.91 Å². The molecule has 1 aliphatic carbocycles. The first kappa shape index (κ1) is 20.8. The normalized spacial score (nSPS) is 19.6. The lowest BCUT2D eigenvalue weighted by Gasteiger charge is -2.10. The molecule has 2 aromatic rings. The molecule has 30 heavy (non-hydrogen) atoms. The molecule has 0 unspecified atom stereocenters. The van der Waals surface area contributed by atoms with Gasteiger partial charge in [-0.25, -0.2) is 18.1 Å². The number of thiazole rings is 1. The highest BCUT2D eigenvalue weighted by Gasteiger charge is 2.28. The average molecular weight is 455 g/mol. The van der Waals surface area contributed by atoms with Crippen LogP contribution in [-0.4, -0.2) is 50.4 Å². The molecule has 1 saturated carbocycles. The third-order valence-corrected chi connectivity index (χ3v) is 6.67. The van der Waals surface area contributed by atoms with E-state index in [9.17, 15) is 17.6 Å². The molecule has 2 heterocycles. The van der Waals surface area contributed by atoms with Gasteiger partial charge in [-0.05, 0) is 25.0 Å². The van der Waals surface area contributed by atoms with Crippen LogP contribution in [0.3, 0.4) is 0 Å². The maximum atomic E-state index is 13.2. The largest absolute Gasteiger partial charge is 0.389 e. The highest BCUT2D eigenvalue weighted by atomic mass is 32.2. The van der Waals surface area contributed by atoms with E-state index in [-0.39, 0.29) is 27.9 Å². The molecule has 12 heteroatoms. The lowest BCUT2D eigenvalue weighted by atomic mass is 10.1. The van der Waals surface area contributed by atoms with Crippen LogP contribution in [0, 0.1) is 5.13 Å². The fourth-order valence-electron chi connectivity index (χ4n) is 2.70. The second kappa shape index (κ2) is 8.76. The molecular formula is C18H19FN4O5S2. The number of amides is 1. The summed E-state index contributed by atoms with van der Waals surface area (Å²) in [5.41, 5.74) is 0.255. The molecule has 9 nitrogen and oxygen atoms in total. The van der Waals surface area contributed by atoms with Gasteiger partial charge in [0.1, 0.15) is 0 Å². The van der Waals surface area contributed by atoms with Crippen LogP contribution in [0.5, 0.6) is 0 Å². The Morgan fingerprint density at radius 2 is 2.03 bits per heavy atom. The van der Waals surface area contributed by atoms with Gasteiger partial charge >= 0.3 is 0 Å². The van der Waals surface area contributed by atoms with Gasteiger partial charge in [0.15, 0.2) is 22.1 Å². The van der Waals surface area contributed by atoms with Crippen molar-refractivity contribution in [1.29, 1.82) is 0 Å². The molecule has 1 atom stereocenters. The van der Waals surface area contributed by atoms with Gasteiger partial charge in [0.05, 0.1) is 24.3 Å². The molecule has 1 amide bonds. The van der Waals surface area contributed by atoms with E-state index in [0.717, 1.165) is 19.0 Å². The van der Waals surface area contributed by atoms with Gasteiger partial charge in [-0.3, -0.25) is 10.1 Å². The molecule has 1 aromatic carbocycles. The zero-order valence-corrected chi connectivity index (χ0v) is 17.3. The number of carbonyl (C=O) groups is 1. The zero-order valence-electron chi connectivity index (χ0n) is 15.7. The molecule has 0 spiro atoms. The summed E-state index contributed by atoms with van der Waals surface area (Å²) in [5, 5.41) is 5.97. The van der Waals surface area contributed by atoms with Crippen molar-refractivity contribution in [2.75, 3.05) is 18.5 Å². The van der Waals surface area contributed by atoms with E-state index in [4.69, 9.17) is 9.57 Å². The Morgan fingerprint density at radius 1 is 1.27 bits per heavy atom. The van der Waals surface area contributed by atoms with E-state index in [1.807, 2.05) is 0 Å². The minimum Gasteiger partial charge on any atom is -0.389 e. The first-order valence-electron chi connectivity index (χ1n) is 9.28. The molecule has 2 fully saturated rings. The SMILES string of the molecule is O=C(Nc1ncc(F)s1)/C(=N/O[C@@H]1CCOC1)c1ccc(S(=O)(=O)NC2CC2)cc1. The Kier molecular flexibility index (Phi) is 6.09. The third kappa shape index (κ3) is 5.19. The van der Waals surface area contributed by atoms with E-state index in [1.165, 1.54) is 24.3 Å². The number of anilines is 1. The molecule has 0 bridgehead atoms. The molecule has 160 valence electrons. The monoisotopic (exact) mass is 454 g/mol. The van der Waals surface area contributed by atoms with E-state index in [0.29, 0.717) is 36.5 Å². The van der Waals surface area contributed by atoms with Crippen molar-refractivity contribution in [3.63, 3.8) is 0 Å². The second-order valence-corrected chi connectivity index (χ2v) is 9.57. The van der Waals surface area contributed by atoms with Crippen molar-refractivity contribution in [2.45, 2.75) is 36.3 Å². The van der Waals surface area contributed by atoms with Crippen molar-refractivity contribution < 1.29 is 27.2 Å². The van der Waals surface area contributed by atoms with Gasteiger partial charge in [0, 0.05) is 18.0 Å². The summed E-state index contributed by atoms with van der Waals surface area (Å²) in [6, 6.07) is 5.71. The summed E-state index contributed by atoms with van der Waals surface area (Å²) in [4.78, 5) is 22.0. The van der Waals surface area contributed by atoms with Crippen LogP contribution in [0.4, 0.5) is 9.52 Å². The third-order valence-electron chi connectivity index (χ3n) is 4.43. The fourth-order valence-corrected chi connectivity index (χ4v) is 4.54. The van der Waals surface area contributed by atoms with Gasteiger partial charge in [-0.1, -0.05) is 28.6 Å². The van der Waals surface area contributed by atoms with Crippen molar-refractivity contribution in [2.24, 2.45) is 5.16 Å². The average Bonchev–Trinajstić information content (AvgIpc) is 3.18. The molecule has 4 rings (SSSR count). The van der Waals surface area contributed by atoms with Crippen molar-refractivity contribution in [3.8, 4) is 0 Å². The lowest BCUT2D eigenvalue weighted by molar-refractivity contribution is -0.110. The Morgan fingerprint density at radius 3 is 2.63 bits per heavy atom. The Labute approximate surface area is 176 Å². The quantitative estimate of drug-likeness (QED) is 0.464. The molecule has 1 aliphatic heterocycles. The van der Waals surface area contributed by atoms with Gasteiger partial charge in [-0.2, -0.15) is 4.39 Å². The van der Waals surface area contributed by atoms with Crippen molar-refractivity contribution >= 4 is 38.1 Å². The van der Waals surface area contributed by atoms with Crippen molar-refractivity contribution in [3.05, 3.63) is 41.2 Å². The predicted octanol–water partition coefficient (Wildman–Crippen LogP) is 1.87. The maximum Gasteiger partial charge on any atom is 0.280 e. The standard InChI is InChI=1S/C18H19FN4O5S2/c19-15-9-20-18(29-15)21-17(24)16(22-28-13-7-8-27-10-13)11-1-5-14(6-2-11)30(25,26)23-12-3-4-12/h1-2,5-6,9,12-13,23H,3-4,7-8,10H2,(H,20,21,24)/b22-16+/t13-/m1/s1. The van der Waals surface area contributed by atoms with Gasteiger partial charge in [0.2, 0.25) is 10.0 Å². The fraction of sp³-hybridized carbons (Fsp3) is 0.389. The van der Waals surface area contributed by atoms with Crippen LogP contribution in [0.25, 0.3) is 0 Å². The minimum absolute atomic E-state index is 0.0155. The number of oxime groups is 1. The Hall–Kier alpha value is -2.41. The number of carbonyl (C=O) groups excluding carboxylic acids is 1. The summed E-state index contributed by atoms with van der Waals surface area (Å²) in [5.74, 6) is -0.657. The van der Waals surface area contributed by atoms with E-state index in [2.05, 4.69) is 20.2 Å². The Bertz CT molecular complexity index is 1040. The maximum absolute atomic E-state index is 13.2. The number of benzene rings is 1. The van der Waals surface area contributed by atoms with E-state index < -0.39 is 21.1 Å². The van der Waals surface area contributed by atoms with Crippen LogP contribution >= 0.6 is 11.3 Å².